The van der Waals surface area contributed by atoms with Crippen molar-refractivity contribution in [3.05, 3.63) is 65.9 Å². The van der Waals surface area contributed by atoms with E-state index >= 15 is 0 Å². The predicted octanol–water partition coefficient (Wildman–Crippen LogP) is 4.09. The molecule has 8 nitrogen and oxygen atoms in total. The van der Waals surface area contributed by atoms with E-state index in [1.807, 2.05) is 0 Å². The van der Waals surface area contributed by atoms with Crippen molar-refractivity contribution < 1.29 is 22.7 Å². The zero-order valence-corrected chi connectivity index (χ0v) is 18.7. The Hall–Kier alpha value is -3.51. The molecular formula is C23H23F4N7O. The fourth-order valence-electron chi connectivity index (χ4n) is 3.73. The Bertz CT molecular complexity index is 1180. The maximum absolute atomic E-state index is 14.3. The van der Waals surface area contributed by atoms with E-state index in [2.05, 4.69) is 30.1 Å². The predicted molar refractivity (Wildman–Crippen MR) is 121 cm³/mol. The van der Waals surface area contributed by atoms with Gasteiger partial charge in [0.05, 0.1) is 24.1 Å². The number of β-amino-alcohol motifs (C(OH)–C–C–N with tert-alkyl or cyclic N) is 1. The minimum absolute atomic E-state index is 0.00628. The van der Waals surface area contributed by atoms with Crippen LogP contribution in [0.15, 0.2) is 59.0 Å². The van der Waals surface area contributed by atoms with E-state index in [4.69, 9.17) is 5.11 Å². The van der Waals surface area contributed by atoms with Crippen LogP contribution in [0.3, 0.4) is 0 Å². The molecule has 2 aromatic heterocycles. The topological polar surface area (TPSA) is 90.1 Å². The highest BCUT2D eigenvalue weighted by atomic mass is 19.4. The average Bonchev–Trinajstić information content (AvgIpc) is 2.86. The molecule has 0 amide bonds. The summed E-state index contributed by atoms with van der Waals surface area (Å²) in [5, 5.41) is 17.1. The molecule has 12 heteroatoms. The lowest BCUT2D eigenvalue weighted by Crippen LogP contribution is -2.47. The van der Waals surface area contributed by atoms with Crippen LogP contribution in [0, 0.1) is 5.82 Å². The minimum atomic E-state index is -4.43. The van der Waals surface area contributed by atoms with Gasteiger partial charge in [-0.2, -0.15) is 23.3 Å². The lowest BCUT2D eigenvalue weighted by Gasteiger charge is -2.35. The molecule has 0 aliphatic carbocycles. The van der Waals surface area contributed by atoms with E-state index in [1.165, 1.54) is 12.3 Å². The van der Waals surface area contributed by atoms with E-state index < -0.39 is 17.6 Å². The van der Waals surface area contributed by atoms with Crippen molar-refractivity contribution in [2.24, 2.45) is 10.2 Å². The third-order valence-corrected chi connectivity index (χ3v) is 5.53. The van der Waals surface area contributed by atoms with Gasteiger partial charge in [-0.3, -0.25) is 9.88 Å². The summed E-state index contributed by atoms with van der Waals surface area (Å²) < 4.78 is 53.4. The summed E-state index contributed by atoms with van der Waals surface area (Å²) in [4.78, 5) is 16.1. The van der Waals surface area contributed by atoms with Crippen molar-refractivity contribution in [1.29, 1.82) is 0 Å². The van der Waals surface area contributed by atoms with Crippen LogP contribution in [-0.2, 0) is 12.7 Å². The Labute approximate surface area is 199 Å². The van der Waals surface area contributed by atoms with Gasteiger partial charge in [-0.25, -0.2) is 9.37 Å². The number of aliphatic hydroxyl groups is 1. The Balaban J connectivity index is 1.44. The van der Waals surface area contributed by atoms with Crippen molar-refractivity contribution in [2.45, 2.75) is 12.7 Å². The zero-order chi connectivity index (χ0) is 24.8. The van der Waals surface area contributed by atoms with Crippen molar-refractivity contribution in [3.63, 3.8) is 0 Å². The first kappa shape index (κ1) is 24.6. The zero-order valence-electron chi connectivity index (χ0n) is 18.7. The highest BCUT2D eigenvalue weighted by Crippen LogP contribution is 2.32. The number of halogens is 4. The number of pyridine rings is 1. The fourth-order valence-corrected chi connectivity index (χ4v) is 3.73. The van der Waals surface area contributed by atoms with Crippen molar-refractivity contribution in [2.75, 3.05) is 44.2 Å². The fraction of sp³-hybridized carbons (Fsp3) is 0.348. The summed E-state index contributed by atoms with van der Waals surface area (Å²) in [6, 6.07) is 8.30. The lowest BCUT2D eigenvalue weighted by molar-refractivity contribution is -0.137. The monoisotopic (exact) mass is 489 g/mol. The second-order valence-electron chi connectivity index (χ2n) is 7.91. The van der Waals surface area contributed by atoms with Gasteiger partial charge in [-0.1, -0.05) is 12.1 Å². The van der Waals surface area contributed by atoms with Crippen LogP contribution in [0.1, 0.15) is 11.3 Å². The number of alkyl halides is 3. The molecule has 3 aromatic rings. The number of hydrogen-bond acceptors (Lipinski definition) is 8. The first-order valence-corrected chi connectivity index (χ1v) is 10.9. The Morgan fingerprint density at radius 1 is 1.00 bits per heavy atom. The molecule has 0 atom stereocenters. The molecule has 0 spiro atoms. The van der Waals surface area contributed by atoms with Crippen LogP contribution in [0.5, 0.6) is 0 Å². The number of aliphatic hydroxyl groups excluding tert-OH is 1. The molecule has 0 unspecified atom stereocenters. The largest absolute Gasteiger partial charge is 0.416 e. The van der Waals surface area contributed by atoms with Gasteiger partial charge in [0, 0.05) is 38.9 Å². The van der Waals surface area contributed by atoms with E-state index in [9.17, 15) is 17.6 Å². The Morgan fingerprint density at radius 2 is 1.77 bits per heavy atom. The average molecular weight is 489 g/mol. The van der Waals surface area contributed by atoms with Gasteiger partial charge >= 0.3 is 6.18 Å². The number of azo groups is 1. The maximum atomic E-state index is 14.3. The van der Waals surface area contributed by atoms with E-state index in [0.717, 1.165) is 18.3 Å². The third-order valence-electron chi connectivity index (χ3n) is 5.53. The molecular weight excluding hydrogens is 466 g/mol. The first-order valence-electron chi connectivity index (χ1n) is 10.9. The molecule has 184 valence electrons. The lowest BCUT2D eigenvalue weighted by atomic mass is 10.0. The second kappa shape index (κ2) is 10.8. The Kier molecular flexibility index (Phi) is 7.61. The smallest absolute Gasteiger partial charge is 0.395 e. The quantitative estimate of drug-likeness (QED) is 0.397. The van der Waals surface area contributed by atoms with Crippen LogP contribution in [0.4, 0.5) is 29.3 Å². The van der Waals surface area contributed by atoms with Crippen molar-refractivity contribution >= 4 is 11.8 Å². The first-order chi connectivity index (χ1) is 16.8. The number of hydrogen-bond donors (Lipinski definition) is 1. The molecule has 1 aromatic carbocycles. The second-order valence-corrected chi connectivity index (χ2v) is 7.91. The van der Waals surface area contributed by atoms with Crippen molar-refractivity contribution in [3.8, 4) is 11.1 Å². The van der Waals surface area contributed by atoms with Gasteiger partial charge < -0.3 is 10.0 Å². The molecule has 0 bridgehead atoms. The molecule has 4 rings (SSSR count). The Morgan fingerprint density at radius 3 is 2.51 bits per heavy atom. The number of anilines is 1. The summed E-state index contributed by atoms with van der Waals surface area (Å²) in [6.45, 7) is 3.15. The van der Waals surface area contributed by atoms with Gasteiger partial charge in [0.2, 0.25) is 0 Å². The molecule has 1 aliphatic heterocycles. The van der Waals surface area contributed by atoms with Gasteiger partial charge in [-0.05, 0) is 35.4 Å². The molecule has 1 N–H and O–H groups in total. The van der Waals surface area contributed by atoms with Gasteiger partial charge in [0.25, 0.3) is 5.95 Å². The van der Waals surface area contributed by atoms with Crippen molar-refractivity contribution in [1.82, 2.24) is 19.9 Å². The summed E-state index contributed by atoms with van der Waals surface area (Å²) >= 11 is 0. The van der Waals surface area contributed by atoms with Crippen LogP contribution < -0.4 is 4.90 Å². The van der Waals surface area contributed by atoms with E-state index in [0.29, 0.717) is 49.5 Å². The summed E-state index contributed by atoms with van der Waals surface area (Å²) in [5.41, 5.74) is 0.737. The molecule has 1 saturated heterocycles. The SMILES string of the molecule is OCCN1CCN(c2nc(N=NCc3cc(-c4cccc(C(F)(F)F)c4)ccn3)ncc2F)CC1. The molecule has 1 aliphatic rings. The van der Waals surface area contributed by atoms with Gasteiger partial charge in [0.1, 0.15) is 6.54 Å². The van der Waals surface area contributed by atoms with Gasteiger partial charge in [-0.15, -0.1) is 5.11 Å². The summed E-state index contributed by atoms with van der Waals surface area (Å²) in [6.07, 6.45) is -1.90. The molecule has 0 radical (unpaired) electrons. The molecule has 0 saturated carbocycles. The number of benzene rings is 1. The number of rotatable bonds is 7. The number of aromatic nitrogens is 3. The minimum Gasteiger partial charge on any atom is -0.395 e. The van der Waals surface area contributed by atoms with Crippen LogP contribution in [0.25, 0.3) is 11.1 Å². The number of piperazine rings is 1. The molecule has 1 fully saturated rings. The summed E-state index contributed by atoms with van der Waals surface area (Å²) in [7, 11) is 0. The summed E-state index contributed by atoms with van der Waals surface area (Å²) in [5.74, 6) is -0.425. The van der Waals surface area contributed by atoms with Crippen LogP contribution in [0.2, 0.25) is 0 Å². The van der Waals surface area contributed by atoms with Gasteiger partial charge in [0.15, 0.2) is 11.6 Å². The highest BCUT2D eigenvalue weighted by molar-refractivity contribution is 5.64. The normalized spacial score (nSPS) is 15.2. The maximum Gasteiger partial charge on any atom is 0.416 e. The number of nitrogens with zero attached hydrogens (tertiary/aromatic N) is 7. The van der Waals surface area contributed by atoms with Crippen LogP contribution >= 0.6 is 0 Å². The van der Waals surface area contributed by atoms with E-state index in [-0.39, 0.29) is 24.9 Å². The van der Waals surface area contributed by atoms with Crippen LogP contribution in [-0.4, -0.2) is 64.3 Å². The van der Waals surface area contributed by atoms with E-state index in [1.54, 1.807) is 23.1 Å². The third kappa shape index (κ3) is 6.34. The highest BCUT2D eigenvalue weighted by Gasteiger charge is 2.30. The molecule has 35 heavy (non-hydrogen) atoms. The molecule has 3 heterocycles. The standard InChI is InChI=1S/C23H23F4N7O/c24-20-15-29-22(31-21(20)34-8-6-33(7-9-34)10-11-35)32-30-14-19-13-17(4-5-28-19)16-2-1-3-18(12-16)23(25,26)27/h1-5,12-13,15,35H,6-11,14H2.